The lowest BCUT2D eigenvalue weighted by Crippen LogP contribution is -2.35. The molecular formula is C26H35N3O4. The second-order valence-electron chi connectivity index (χ2n) is 8.55. The summed E-state index contributed by atoms with van der Waals surface area (Å²) in [6.45, 7) is 3.47. The van der Waals surface area contributed by atoms with Gasteiger partial charge in [-0.3, -0.25) is 9.59 Å². The van der Waals surface area contributed by atoms with Gasteiger partial charge in [0.2, 0.25) is 11.8 Å². The molecule has 0 radical (unpaired) electrons. The van der Waals surface area contributed by atoms with E-state index in [2.05, 4.69) is 29.4 Å². The standard InChI is InChI=1S/C26H35N3O4/c1-28(18-21-8-5-4-6-9-21)14-7-13-27-26(31)22-17-25(30)29(19-22)15-12-20-10-11-23(32-2)24(16-20)33-3/h4-6,8-11,16,22H,7,12-15,17-19H2,1-3H3,(H,27,31)/t22-/m0/s1. The van der Waals surface area contributed by atoms with E-state index >= 15 is 0 Å². The van der Waals surface area contributed by atoms with Crippen LogP contribution in [0.2, 0.25) is 0 Å². The third kappa shape index (κ3) is 7.22. The van der Waals surface area contributed by atoms with Crippen LogP contribution in [0.25, 0.3) is 0 Å². The fourth-order valence-corrected chi connectivity index (χ4v) is 4.14. The number of carbonyl (C=O) groups excluding carboxylic acids is 2. The summed E-state index contributed by atoms with van der Waals surface area (Å²) in [4.78, 5) is 29.0. The molecule has 0 unspecified atom stereocenters. The zero-order chi connectivity index (χ0) is 23.6. The molecule has 33 heavy (non-hydrogen) atoms. The highest BCUT2D eigenvalue weighted by Crippen LogP contribution is 2.28. The summed E-state index contributed by atoms with van der Waals surface area (Å²) in [5.74, 6) is 1.10. The van der Waals surface area contributed by atoms with Crippen molar-refractivity contribution in [3.05, 3.63) is 59.7 Å². The van der Waals surface area contributed by atoms with Crippen molar-refractivity contribution in [3.8, 4) is 11.5 Å². The molecule has 2 amide bonds. The number of methoxy groups -OCH3 is 2. The van der Waals surface area contributed by atoms with Crippen LogP contribution in [0.5, 0.6) is 11.5 Å². The molecule has 1 aliphatic rings. The predicted octanol–water partition coefficient (Wildman–Crippen LogP) is 2.73. The second kappa shape index (κ2) is 12.3. The second-order valence-corrected chi connectivity index (χ2v) is 8.55. The Kier molecular flexibility index (Phi) is 9.13. The first-order valence-corrected chi connectivity index (χ1v) is 11.5. The predicted molar refractivity (Wildman–Crippen MR) is 128 cm³/mol. The SMILES string of the molecule is COc1ccc(CCN2C[C@@H](C(=O)NCCCN(C)Cc3ccccc3)CC2=O)cc1OC. The maximum atomic E-state index is 12.6. The van der Waals surface area contributed by atoms with E-state index in [1.807, 2.05) is 36.4 Å². The monoisotopic (exact) mass is 453 g/mol. The average molecular weight is 454 g/mol. The molecular weight excluding hydrogens is 418 g/mol. The molecule has 0 saturated carbocycles. The normalized spacial score (nSPS) is 15.7. The molecule has 1 aliphatic heterocycles. The van der Waals surface area contributed by atoms with Gasteiger partial charge in [-0.15, -0.1) is 0 Å². The van der Waals surface area contributed by atoms with E-state index in [1.54, 1.807) is 19.1 Å². The zero-order valence-corrected chi connectivity index (χ0v) is 19.9. The molecule has 0 bridgehead atoms. The Morgan fingerprint density at radius 1 is 1.09 bits per heavy atom. The summed E-state index contributed by atoms with van der Waals surface area (Å²) in [5.41, 5.74) is 2.34. The number of likely N-dealkylation sites (tertiary alicyclic amines) is 1. The van der Waals surface area contributed by atoms with Gasteiger partial charge in [0.25, 0.3) is 0 Å². The van der Waals surface area contributed by atoms with Crippen LogP contribution in [0.1, 0.15) is 24.0 Å². The smallest absolute Gasteiger partial charge is 0.225 e. The van der Waals surface area contributed by atoms with E-state index in [4.69, 9.17) is 9.47 Å². The summed E-state index contributed by atoms with van der Waals surface area (Å²) in [6.07, 6.45) is 1.86. The number of hydrogen-bond donors (Lipinski definition) is 1. The van der Waals surface area contributed by atoms with Gasteiger partial charge >= 0.3 is 0 Å². The highest BCUT2D eigenvalue weighted by atomic mass is 16.5. The number of ether oxygens (including phenoxy) is 2. The van der Waals surface area contributed by atoms with Crippen LogP contribution >= 0.6 is 0 Å². The first-order valence-electron chi connectivity index (χ1n) is 11.5. The lowest BCUT2D eigenvalue weighted by Gasteiger charge is -2.18. The number of carbonyl (C=O) groups is 2. The third-order valence-corrected chi connectivity index (χ3v) is 6.01. The van der Waals surface area contributed by atoms with E-state index in [-0.39, 0.29) is 24.2 Å². The Morgan fingerprint density at radius 2 is 1.85 bits per heavy atom. The van der Waals surface area contributed by atoms with E-state index in [0.29, 0.717) is 37.6 Å². The van der Waals surface area contributed by atoms with Gasteiger partial charge in [0.05, 0.1) is 20.1 Å². The molecule has 3 rings (SSSR count). The van der Waals surface area contributed by atoms with Crippen LogP contribution in [-0.4, -0.2) is 69.1 Å². The number of amides is 2. The first kappa shape index (κ1) is 24.6. The molecule has 2 aromatic rings. The minimum Gasteiger partial charge on any atom is -0.493 e. The average Bonchev–Trinajstić information content (AvgIpc) is 3.21. The fraction of sp³-hybridized carbons (Fsp3) is 0.462. The quantitative estimate of drug-likeness (QED) is 0.501. The van der Waals surface area contributed by atoms with Gasteiger partial charge in [0.1, 0.15) is 0 Å². The van der Waals surface area contributed by atoms with E-state index < -0.39 is 0 Å². The van der Waals surface area contributed by atoms with Gasteiger partial charge in [-0.25, -0.2) is 0 Å². The molecule has 0 aromatic heterocycles. The lowest BCUT2D eigenvalue weighted by atomic mass is 10.1. The minimum atomic E-state index is -0.273. The Morgan fingerprint density at radius 3 is 2.58 bits per heavy atom. The van der Waals surface area contributed by atoms with E-state index in [1.165, 1.54) is 5.56 Å². The summed E-state index contributed by atoms with van der Waals surface area (Å²) in [6, 6.07) is 16.1. The zero-order valence-electron chi connectivity index (χ0n) is 19.9. The van der Waals surface area contributed by atoms with Gasteiger partial charge in [-0.1, -0.05) is 36.4 Å². The van der Waals surface area contributed by atoms with Crippen molar-refractivity contribution >= 4 is 11.8 Å². The van der Waals surface area contributed by atoms with Crippen LogP contribution in [0, 0.1) is 5.92 Å². The van der Waals surface area contributed by atoms with Crippen molar-refractivity contribution in [1.29, 1.82) is 0 Å². The molecule has 1 saturated heterocycles. The Labute approximate surface area is 196 Å². The highest BCUT2D eigenvalue weighted by Gasteiger charge is 2.33. The summed E-state index contributed by atoms with van der Waals surface area (Å²) < 4.78 is 10.6. The van der Waals surface area contributed by atoms with Crippen molar-refractivity contribution in [2.45, 2.75) is 25.8 Å². The molecule has 7 heteroatoms. The fourth-order valence-electron chi connectivity index (χ4n) is 4.14. The van der Waals surface area contributed by atoms with E-state index in [0.717, 1.165) is 25.1 Å². The summed E-state index contributed by atoms with van der Waals surface area (Å²) in [7, 11) is 5.30. The van der Waals surface area contributed by atoms with Crippen LogP contribution in [0.15, 0.2) is 48.5 Å². The Balaban J connectivity index is 1.37. The number of benzene rings is 2. The minimum absolute atomic E-state index is 0.0253. The van der Waals surface area contributed by atoms with E-state index in [9.17, 15) is 9.59 Å². The van der Waals surface area contributed by atoms with Gasteiger partial charge in [0.15, 0.2) is 11.5 Å². The maximum Gasteiger partial charge on any atom is 0.225 e. The molecule has 1 atom stereocenters. The van der Waals surface area contributed by atoms with Crippen molar-refractivity contribution < 1.29 is 19.1 Å². The lowest BCUT2D eigenvalue weighted by molar-refractivity contribution is -0.129. The van der Waals surface area contributed by atoms with Gasteiger partial charge in [0, 0.05) is 32.6 Å². The van der Waals surface area contributed by atoms with Crippen LogP contribution in [-0.2, 0) is 22.6 Å². The summed E-state index contributed by atoms with van der Waals surface area (Å²) in [5, 5.41) is 3.01. The highest BCUT2D eigenvalue weighted by molar-refractivity contribution is 5.89. The van der Waals surface area contributed by atoms with Gasteiger partial charge in [-0.2, -0.15) is 0 Å². The number of rotatable bonds is 12. The molecule has 1 heterocycles. The molecule has 7 nitrogen and oxygen atoms in total. The maximum absolute atomic E-state index is 12.6. The molecule has 178 valence electrons. The van der Waals surface area contributed by atoms with Gasteiger partial charge in [-0.05, 0) is 49.7 Å². The molecule has 1 N–H and O–H groups in total. The van der Waals surface area contributed by atoms with Crippen molar-refractivity contribution in [3.63, 3.8) is 0 Å². The molecule has 2 aromatic carbocycles. The van der Waals surface area contributed by atoms with Gasteiger partial charge < -0.3 is 24.6 Å². The number of hydrogen-bond acceptors (Lipinski definition) is 5. The van der Waals surface area contributed by atoms with Crippen molar-refractivity contribution in [1.82, 2.24) is 15.1 Å². The largest absolute Gasteiger partial charge is 0.493 e. The number of nitrogens with one attached hydrogen (secondary N) is 1. The molecule has 1 fully saturated rings. The number of nitrogens with zero attached hydrogens (tertiary/aromatic N) is 2. The first-order chi connectivity index (χ1) is 16.0. The topological polar surface area (TPSA) is 71.1 Å². The van der Waals surface area contributed by atoms with Crippen LogP contribution < -0.4 is 14.8 Å². The Hall–Kier alpha value is -3.06. The molecule has 0 aliphatic carbocycles. The Bertz CT molecular complexity index is 919. The summed E-state index contributed by atoms with van der Waals surface area (Å²) >= 11 is 0. The third-order valence-electron chi connectivity index (χ3n) is 6.01. The van der Waals surface area contributed by atoms with Crippen molar-refractivity contribution in [2.24, 2.45) is 5.92 Å². The molecule has 0 spiro atoms. The van der Waals surface area contributed by atoms with Crippen molar-refractivity contribution in [2.75, 3.05) is 47.4 Å². The van der Waals surface area contributed by atoms with Crippen LogP contribution in [0.3, 0.4) is 0 Å². The van der Waals surface area contributed by atoms with Crippen LogP contribution in [0.4, 0.5) is 0 Å².